The molecule has 0 radical (unpaired) electrons. The number of halogens is 2. The van der Waals surface area contributed by atoms with Crippen LogP contribution in [0.4, 0.5) is 21.5 Å². The van der Waals surface area contributed by atoms with Gasteiger partial charge in [0.05, 0.1) is 51.1 Å². The predicted molar refractivity (Wildman–Crippen MR) is 171 cm³/mol. The van der Waals surface area contributed by atoms with Crippen molar-refractivity contribution < 1.29 is 38.3 Å². The van der Waals surface area contributed by atoms with Crippen LogP contribution in [-0.2, 0) is 19.2 Å². The van der Waals surface area contributed by atoms with Crippen LogP contribution >= 0.6 is 11.6 Å². The van der Waals surface area contributed by atoms with Crippen LogP contribution in [0.5, 0.6) is 11.5 Å². The minimum Gasteiger partial charge on any atom is -0.504 e. The average Bonchev–Trinajstić information content (AvgIpc) is 3.43. The molecule has 0 spiro atoms. The fourth-order valence-electron chi connectivity index (χ4n) is 8.25. The number of nitrogens with zero attached hydrogens (tertiary/aromatic N) is 3. The number of amides is 4. The van der Waals surface area contributed by atoms with Crippen LogP contribution in [0.3, 0.4) is 0 Å². The number of hydrogen-bond acceptors (Lipinski definition) is 8. The number of hydrogen-bond donors (Lipinski definition) is 1. The highest BCUT2D eigenvalue weighted by atomic mass is 35.5. The number of non-ortho nitro benzene ring substituents is 1. The van der Waals surface area contributed by atoms with Gasteiger partial charge in [-0.2, -0.15) is 0 Å². The molecule has 3 aromatic carbocycles. The molecule has 246 valence electrons. The lowest BCUT2D eigenvalue weighted by Crippen LogP contribution is -2.48. The number of anilines is 2. The molecular weight excluding hydrogens is 645 g/mol. The SMILES string of the molecule is CCOc1cc(C2C3=CCC4C(=O)N(c5cccc([N+](=O)[O-])c5)C(=O)C4C3CC3C(=O)N(c4ccc(F)c(Cl)c4)C(=O)C32C)ccc1O. The summed E-state index contributed by atoms with van der Waals surface area (Å²) in [5, 5.41) is 21.7. The number of nitro benzene ring substituents is 1. The van der Waals surface area contributed by atoms with Crippen molar-refractivity contribution >= 4 is 52.3 Å². The molecule has 11 nitrogen and oxygen atoms in total. The van der Waals surface area contributed by atoms with Crippen molar-refractivity contribution in [3.05, 3.63) is 98.8 Å². The Kier molecular flexibility index (Phi) is 7.39. The molecule has 0 aromatic heterocycles. The van der Waals surface area contributed by atoms with Crippen molar-refractivity contribution in [1.82, 2.24) is 0 Å². The Morgan fingerprint density at radius 2 is 1.75 bits per heavy atom. The molecule has 6 atom stereocenters. The van der Waals surface area contributed by atoms with E-state index in [-0.39, 0.29) is 53.0 Å². The third-order valence-electron chi connectivity index (χ3n) is 10.4. The number of phenols is 1. The van der Waals surface area contributed by atoms with Gasteiger partial charge in [0, 0.05) is 18.1 Å². The third kappa shape index (κ3) is 4.45. The molecule has 6 unspecified atom stereocenters. The molecule has 2 aliphatic heterocycles. The zero-order chi connectivity index (χ0) is 34.2. The van der Waals surface area contributed by atoms with Gasteiger partial charge >= 0.3 is 0 Å². The summed E-state index contributed by atoms with van der Waals surface area (Å²) in [6.07, 6.45) is 2.09. The largest absolute Gasteiger partial charge is 0.504 e. The van der Waals surface area contributed by atoms with Gasteiger partial charge in [0.25, 0.3) is 5.69 Å². The van der Waals surface area contributed by atoms with Gasteiger partial charge in [0.1, 0.15) is 5.82 Å². The Labute approximate surface area is 278 Å². The maximum atomic E-state index is 14.5. The molecule has 1 N–H and O–H groups in total. The second-order valence-corrected chi connectivity index (χ2v) is 13.1. The van der Waals surface area contributed by atoms with Gasteiger partial charge in [-0.3, -0.25) is 29.3 Å². The van der Waals surface area contributed by atoms with E-state index in [1.54, 1.807) is 26.0 Å². The second-order valence-electron chi connectivity index (χ2n) is 12.7. The average molecular weight is 674 g/mol. The summed E-state index contributed by atoms with van der Waals surface area (Å²) in [6.45, 7) is 3.70. The van der Waals surface area contributed by atoms with Crippen LogP contribution in [0.2, 0.25) is 5.02 Å². The van der Waals surface area contributed by atoms with E-state index in [2.05, 4.69) is 0 Å². The summed E-state index contributed by atoms with van der Waals surface area (Å²) in [4.78, 5) is 69.8. The van der Waals surface area contributed by atoms with Crippen LogP contribution in [0, 0.1) is 45.0 Å². The van der Waals surface area contributed by atoms with E-state index in [1.807, 2.05) is 6.08 Å². The molecule has 2 saturated heterocycles. The number of fused-ring (bicyclic) bond motifs is 4. The lowest BCUT2D eigenvalue weighted by Gasteiger charge is -2.49. The van der Waals surface area contributed by atoms with Crippen LogP contribution in [-0.4, -0.2) is 40.3 Å². The van der Waals surface area contributed by atoms with Crippen molar-refractivity contribution in [1.29, 1.82) is 0 Å². The number of ether oxygens (including phenoxy) is 1. The van der Waals surface area contributed by atoms with Crippen molar-refractivity contribution in [2.75, 3.05) is 16.4 Å². The second kappa shape index (κ2) is 11.3. The normalized spacial score (nSPS) is 27.8. The Balaban J connectivity index is 1.37. The molecule has 7 rings (SSSR count). The number of carbonyl (C=O) groups excluding carboxylic acids is 4. The lowest BCUT2D eigenvalue weighted by atomic mass is 9.51. The molecule has 48 heavy (non-hydrogen) atoms. The van der Waals surface area contributed by atoms with Gasteiger partial charge in [0.15, 0.2) is 11.5 Å². The van der Waals surface area contributed by atoms with E-state index >= 15 is 0 Å². The predicted octanol–water partition coefficient (Wildman–Crippen LogP) is 5.93. The van der Waals surface area contributed by atoms with E-state index in [0.717, 1.165) is 15.9 Å². The number of nitro groups is 1. The van der Waals surface area contributed by atoms with E-state index in [0.29, 0.717) is 11.1 Å². The van der Waals surface area contributed by atoms with Crippen molar-refractivity contribution in [2.24, 2.45) is 29.1 Å². The van der Waals surface area contributed by atoms with Gasteiger partial charge in [-0.1, -0.05) is 35.4 Å². The van der Waals surface area contributed by atoms with Crippen LogP contribution < -0.4 is 14.5 Å². The minimum absolute atomic E-state index is 0.0637. The first-order valence-corrected chi connectivity index (χ1v) is 15.9. The molecule has 3 aromatic rings. The van der Waals surface area contributed by atoms with Crippen LogP contribution in [0.1, 0.15) is 38.2 Å². The number of aromatic hydroxyl groups is 1. The molecule has 2 heterocycles. The summed E-state index contributed by atoms with van der Waals surface area (Å²) in [7, 11) is 0. The molecule has 1 saturated carbocycles. The quantitative estimate of drug-likeness (QED) is 0.147. The number of benzene rings is 3. The topological polar surface area (TPSA) is 147 Å². The molecule has 4 amide bonds. The number of rotatable bonds is 6. The van der Waals surface area contributed by atoms with E-state index in [1.165, 1.54) is 42.5 Å². The zero-order valence-electron chi connectivity index (χ0n) is 25.8. The van der Waals surface area contributed by atoms with Crippen LogP contribution in [0.25, 0.3) is 0 Å². The molecule has 3 fully saturated rings. The highest BCUT2D eigenvalue weighted by Crippen LogP contribution is 2.64. The smallest absolute Gasteiger partial charge is 0.271 e. The Morgan fingerprint density at radius 1 is 1.00 bits per heavy atom. The molecule has 2 aliphatic carbocycles. The number of allylic oxidation sites excluding steroid dienone is 2. The monoisotopic (exact) mass is 673 g/mol. The first-order chi connectivity index (χ1) is 22.9. The Hall–Kier alpha value is -5.10. The molecule has 0 bridgehead atoms. The van der Waals surface area contributed by atoms with Crippen molar-refractivity contribution in [3.8, 4) is 11.5 Å². The summed E-state index contributed by atoms with van der Waals surface area (Å²) in [6, 6.07) is 13.6. The van der Waals surface area contributed by atoms with Gasteiger partial charge in [-0.05, 0) is 74.6 Å². The number of carbonyl (C=O) groups is 4. The maximum Gasteiger partial charge on any atom is 0.271 e. The van der Waals surface area contributed by atoms with Crippen molar-refractivity contribution in [3.63, 3.8) is 0 Å². The fourth-order valence-corrected chi connectivity index (χ4v) is 8.42. The maximum absolute atomic E-state index is 14.5. The molecular formula is C35H29ClFN3O8. The van der Waals surface area contributed by atoms with Gasteiger partial charge < -0.3 is 9.84 Å². The fraction of sp³-hybridized carbons (Fsp3) is 0.314. The zero-order valence-corrected chi connectivity index (χ0v) is 26.5. The van der Waals surface area contributed by atoms with Gasteiger partial charge in [-0.15, -0.1) is 0 Å². The minimum atomic E-state index is -1.39. The standard InChI is InChI=1S/C35H29ClFN3O8/c1-3-48-28-13-17(7-12-27(28)41)30-21-9-10-22-29(33(44)38(31(22)42)18-5-4-6-20(14-18)40(46)47)23(21)16-24-32(43)39(34(45)35(24,30)2)19-8-11-26(37)25(36)15-19/h4-9,11-15,22-24,29-30,41H,3,10,16H2,1-2H3. The highest BCUT2D eigenvalue weighted by molar-refractivity contribution is 6.32. The number of imide groups is 2. The van der Waals surface area contributed by atoms with E-state index < -0.39 is 69.4 Å². The third-order valence-corrected chi connectivity index (χ3v) is 10.6. The molecule has 13 heteroatoms. The van der Waals surface area contributed by atoms with Gasteiger partial charge in [-0.25, -0.2) is 14.2 Å². The lowest BCUT2D eigenvalue weighted by molar-refractivity contribution is -0.384. The summed E-state index contributed by atoms with van der Waals surface area (Å²) >= 11 is 6.06. The summed E-state index contributed by atoms with van der Waals surface area (Å²) in [5.41, 5.74) is -0.220. The van der Waals surface area contributed by atoms with Gasteiger partial charge in [0.2, 0.25) is 23.6 Å². The van der Waals surface area contributed by atoms with Crippen LogP contribution in [0.15, 0.2) is 72.3 Å². The number of phenolic OH excluding ortho intramolecular Hbond substituents is 1. The highest BCUT2D eigenvalue weighted by Gasteiger charge is 2.67. The van der Waals surface area contributed by atoms with E-state index in [4.69, 9.17) is 16.3 Å². The summed E-state index contributed by atoms with van der Waals surface area (Å²) in [5.74, 6) is -6.85. The Morgan fingerprint density at radius 3 is 2.46 bits per heavy atom. The van der Waals surface area contributed by atoms with Crippen molar-refractivity contribution in [2.45, 2.75) is 32.6 Å². The Bertz CT molecular complexity index is 1980. The first kappa shape index (κ1) is 31.5. The van der Waals surface area contributed by atoms with E-state index in [9.17, 15) is 38.8 Å². The summed E-state index contributed by atoms with van der Waals surface area (Å²) < 4.78 is 19.8. The first-order valence-electron chi connectivity index (χ1n) is 15.5. The molecule has 4 aliphatic rings.